The Bertz CT molecular complexity index is 936. The second kappa shape index (κ2) is 7.22. The summed E-state index contributed by atoms with van der Waals surface area (Å²) in [6.07, 6.45) is 9.61. The summed E-state index contributed by atoms with van der Waals surface area (Å²) in [5, 5.41) is 4.03. The van der Waals surface area contributed by atoms with Gasteiger partial charge in [0.1, 0.15) is 12.1 Å². The maximum absolute atomic E-state index is 12.6. The number of likely N-dealkylation sites (tertiary alicyclic amines) is 1. The smallest absolute Gasteiger partial charge is 0.256 e. The highest BCUT2D eigenvalue weighted by atomic mass is 16.5. The minimum Gasteiger partial charge on any atom is -0.361 e. The summed E-state index contributed by atoms with van der Waals surface area (Å²) in [6.45, 7) is 5.19. The van der Waals surface area contributed by atoms with Crippen molar-refractivity contribution in [3.8, 4) is 11.3 Å². The van der Waals surface area contributed by atoms with Gasteiger partial charge in [-0.15, -0.1) is 0 Å². The largest absolute Gasteiger partial charge is 0.361 e. The van der Waals surface area contributed by atoms with E-state index < -0.39 is 0 Å². The summed E-state index contributed by atoms with van der Waals surface area (Å²) in [5.74, 6) is 1.04. The Morgan fingerprint density at radius 1 is 1.22 bits per heavy atom. The van der Waals surface area contributed by atoms with Gasteiger partial charge in [-0.1, -0.05) is 5.16 Å². The van der Waals surface area contributed by atoms with Crippen LogP contribution in [0.5, 0.6) is 0 Å². The zero-order chi connectivity index (χ0) is 18.8. The van der Waals surface area contributed by atoms with Gasteiger partial charge in [-0.2, -0.15) is 0 Å². The number of rotatable bonds is 4. The number of nitrogens with zero attached hydrogens (tertiary/aromatic N) is 6. The lowest BCUT2D eigenvalue weighted by atomic mass is 9.98. The van der Waals surface area contributed by atoms with E-state index in [-0.39, 0.29) is 5.91 Å². The molecule has 0 radical (unpaired) electrons. The quantitative estimate of drug-likeness (QED) is 0.700. The molecule has 0 spiro atoms. The highest BCUT2D eigenvalue weighted by molar-refractivity contribution is 5.93. The van der Waals surface area contributed by atoms with Crippen molar-refractivity contribution in [1.29, 1.82) is 0 Å². The Balaban J connectivity index is 1.51. The number of carbonyl (C=O) groups excluding carboxylic acids is 1. The molecule has 8 heteroatoms. The molecule has 0 saturated carbocycles. The molecular formula is C19H20N6O2. The third-order valence-corrected chi connectivity index (χ3v) is 4.91. The third kappa shape index (κ3) is 3.42. The maximum atomic E-state index is 12.6. The number of carbonyl (C=O) groups is 1. The minimum atomic E-state index is -0.0248. The second-order valence-electron chi connectivity index (χ2n) is 6.79. The van der Waals surface area contributed by atoms with E-state index in [2.05, 4.69) is 25.1 Å². The lowest BCUT2D eigenvalue weighted by Crippen LogP contribution is -2.29. The Labute approximate surface area is 156 Å². The maximum Gasteiger partial charge on any atom is 0.256 e. The molecule has 0 aromatic carbocycles. The molecule has 1 fully saturated rings. The summed E-state index contributed by atoms with van der Waals surface area (Å²) in [4.78, 5) is 31.4. The van der Waals surface area contributed by atoms with E-state index >= 15 is 0 Å². The van der Waals surface area contributed by atoms with E-state index in [1.165, 1.54) is 6.33 Å². The first-order valence-corrected chi connectivity index (χ1v) is 8.91. The molecule has 1 aliphatic heterocycles. The van der Waals surface area contributed by atoms with Crippen LogP contribution in [0.2, 0.25) is 0 Å². The van der Waals surface area contributed by atoms with Crippen LogP contribution in [0, 0.1) is 19.8 Å². The molecule has 1 saturated heterocycles. The SMILES string of the molecule is Cc1noc(C)c1-c1nccnc1CC1CCN(C(=O)c2cncnc2)C1. The first kappa shape index (κ1) is 17.3. The van der Waals surface area contributed by atoms with Gasteiger partial charge < -0.3 is 9.42 Å². The molecule has 8 nitrogen and oxygen atoms in total. The molecule has 0 aliphatic carbocycles. The predicted octanol–water partition coefficient (Wildman–Crippen LogP) is 2.24. The average molecular weight is 364 g/mol. The van der Waals surface area contributed by atoms with Gasteiger partial charge in [0.2, 0.25) is 0 Å². The lowest BCUT2D eigenvalue weighted by Gasteiger charge is -2.16. The Morgan fingerprint density at radius 2 is 2.00 bits per heavy atom. The molecule has 1 atom stereocenters. The van der Waals surface area contributed by atoms with E-state index in [4.69, 9.17) is 4.52 Å². The first-order chi connectivity index (χ1) is 13.1. The molecule has 3 aromatic rings. The number of aryl methyl sites for hydroxylation is 2. The Kier molecular flexibility index (Phi) is 4.62. The van der Waals surface area contributed by atoms with Crippen molar-refractivity contribution in [3.05, 3.63) is 53.8 Å². The molecule has 0 N–H and O–H groups in total. The van der Waals surface area contributed by atoms with Crippen LogP contribution in [0.4, 0.5) is 0 Å². The minimum absolute atomic E-state index is 0.0248. The highest BCUT2D eigenvalue weighted by Gasteiger charge is 2.29. The van der Waals surface area contributed by atoms with Crippen LogP contribution in [0.3, 0.4) is 0 Å². The molecule has 138 valence electrons. The number of hydrogen-bond acceptors (Lipinski definition) is 7. The van der Waals surface area contributed by atoms with Gasteiger partial charge in [0.15, 0.2) is 0 Å². The Morgan fingerprint density at radius 3 is 2.74 bits per heavy atom. The van der Waals surface area contributed by atoms with Gasteiger partial charge >= 0.3 is 0 Å². The average Bonchev–Trinajstić information content (AvgIpc) is 3.29. The summed E-state index contributed by atoms with van der Waals surface area (Å²) < 4.78 is 5.29. The first-order valence-electron chi connectivity index (χ1n) is 8.91. The van der Waals surface area contributed by atoms with Gasteiger partial charge in [-0.3, -0.25) is 14.8 Å². The summed E-state index contributed by atoms with van der Waals surface area (Å²) in [5.41, 5.74) is 3.96. The fourth-order valence-electron chi connectivity index (χ4n) is 3.60. The lowest BCUT2D eigenvalue weighted by molar-refractivity contribution is 0.0786. The zero-order valence-corrected chi connectivity index (χ0v) is 15.3. The molecule has 4 heterocycles. The molecular weight excluding hydrogens is 344 g/mol. The van der Waals surface area contributed by atoms with E-state index in [1.54, 1.807) is 24.8 Å². The van der Waals surface area contributed by atoms with Gasteiger partial charge in [-0.05, 0) is 32.6 Å². The van der Waals surface area contributed by atoms with Gasteiger partial charge in [0.05, 0.1) is 28.2 Å². The van der Waals surface area contributed by atoms with Crippen molar-refractivity contribution in [2.24, 2.45) is 5.92 Å². The van der Waals surface area contributed by atoms with E-state index in [0.29, 0.717) is 18.0 Å². The normalized spacial score (nSPS) is 16.7. The molecule has 1 unspecified atom stereocenters. The summed E-state index contributed by atoms with van der Waals surface area (Å²) >= 11 is 0. The molecule has 27 heavy (non-hydrogen) atoms. The van der Waals surface area contributed by atoms with Crippen LogP contribution in [0.1, 0.15) is 33.9 Å². The fraction of sp³-hybridized carbons (Fsp3) is 0.368. The van der Waals surface area contributed by atoms with Crippen LogP contribution in [-0.2, 0) is 6.42 Å². The van der Waals surface area contributed by atoms with Crippen molar-refractivity contribution in [2.75, 3.05) is 13.1 Å². The molecule has 1 aliphatic rings. The van der Waals surface area contributed by atoms with Crippen molar-refractivity contribution >= 4 is 5.91 Å². The standard InChI is InChI=1S/C19H20N6O2/c1-12-17(13(2)27-24-12)18-16(22-4-5-23-18)7-14-3-6-25(10-14)19(26)15-8-20-11-21-9-15/h4-5,8-9,11,14H,3,6-7,10H2,1-2H3. The molecule has 1 amide bonds. The van der Waals surface area contributed by atoms with Gasteiger partial charge in [-0.25, -0.2) is 9.97 Å². The van der Waals surface area contributed by atoms with Crippen LogP contribution >= 0.6 is 0 Å². The molecule has 0 bridgehead atoms. The van der Waals surface area contributed by atoms with Gasteiger partial charge in [0.25, 0.3) is 5.91 Å². The third-order valence-electron chi connectivity index (χ3n) is 4.91. The van der Waals surface area contributed by atoms with Gasteiger partial charge in [0, 0.05) is 37.9 Å². The topological polar surface area (TPSA) is 97.9 Å². The van der Waals surface area contributed by atoms with Crippen molar-refractivity contribution in [1.82, 2.24) is 30.0 Å². The predicted molar refractivity (Wildman–Crippen MR) is 96.7 cm³/mol. The van der Waals surface area contributed by atoms with E-state index in [0.717, 1.165) is 47.8 Å². The van der Waals surface area contributed by atoms with Crippen LogP contribution in [-0.4, -0.2) is 49.0 Å². The monoisotopic (exact) mass is 364 g/mol. The number of aromatic nitrogens is 5. The fourth-order valence-corrected chi connectivity index (χ4v) is 3.60. The van der Waals surface area contributed by atoms with Crippen molar-refractivity contribution < 1.29 is 9.32 Å². The zero-order valence-electron chi connectivity index (χ0n) is 15.3. The molecule has 4 rings (SSSR count). The number of amides is 1. The highest BCUT2D eigenvalue weighted by Crippen LogP contribution is 2.30. The van der Waals surface area contributed by atoms with Crippen molar-refractivity contribution in [2.45, 2.75) is 26.7 Å². The van der Waals surface area contributed by atoms with Crippen LogP contribution in [0.15, 0.2) is 35.6 Å². The van der Waals surface area contributed by atoms with Crippen LogP contribution < -0.4 is 0 Å². The van der Waals surface area contributed by atoms with E-state index in [9.17, 15) is 4.79 Å². The molecule has 3 aromatic heterocycles. The van der Waals surface area contributed by atoms with Crippen LogP contribution in [0.25, 0.3) is 11.3 Å². The second-order valence-corrected chi connectivity index (χ2v) is 6.79. The summed E-state index contributed by atoms with van der Waals surface area (Å²) in [7, 11) is 0. The van der Waals surface area contributed by atoms with E-state index in [1.807, 2.05) is 18.7 Å². The Hall–Kier alpha value is -3.16. The summed E-state index contributed by atoms with van der Waals surface area (Å²) in [6, 6.07) is 0. The number of hydrogen-bond donors (Lipinski definition) is 0. The van der Waals surface area contributed by atoms with Crippen molar-refractivity contribution in [3.63, 3.8) is 0 Å².